The second-order valence-corrected chi connectivity index (χ2v) is 8.37. The molecule has 0 amide bonds. The van der Waals surface area contributed by atoms with Gasteiger partial charge in [0.05, 0.1) is 6.10 Å². The molecule has 142 valence electrons. The van der Waals surface area contributed by atoms with Crippen molar-refractivity contribution in [2.45, 2.75) is 45.6 Å². The average molecular weight is 356 g/mol. The average Bonchev–Trinajstić information content (AvgIpc) is 3.16. The highest BCUT2D eigenvalue weighted by Gasteiger charge is 2.70. The summed E-state index contributed by atoms with van der Waals surface area (Å²) in [6, 6.07) is 10.4. The summed E-state index contributed by atoms with van der Waals surface area (Å²) in [5.41, 5.74) is 3.87. The zero-order valence-electron chi connectivity index (χ0n) is 16.4. The molecule has 1 aliphatic carbocycles. The van der Waals surface area contributed by atoms with Crippen LogP contribution in [0.4, 0.5) is 0 Å². The maximum atomic E-state index is 10.8. The second kappa shape index (κ2) is 8.08. The summed E-state index contributed by atoms with van der Waals surface area (Å²) in [5, 5.41) is 20.7. The van der Waals surface area contributed by atoms with Crippen LogP contribution in [0.1, 0.15) is 45.1 Å². The minimum Gasteiger partial charge on any atom is -0.396 e. The Morgan fingerprint density at radius 1 is 1.19 bits per heavy atom. The molecule has 1 heterocycles. The number of hydrogen-bond acceptors (Lipinski definition) is 3. The lowest BCUT2D eigenvalue weighted by Crippen LogP contribution is -2.23. The van der Waals surface area contributed by atoms with Gasteiger partial charge in [-0.15, -0.1) is 0 Å². The van der Waals surface area contributed by atoms with E-state index in [9.17, 15) is 10.2 Å². The van der Waals surface area contributed by atoms with Crippen molar-refractivity contribution < 1.29 is 10.2 Å². The number of likely N-dealkylation sites (tertiary alicyclic amines) is 1. The zero-order chi connectivity index (χ0) is 18.7. The quantitative estimate of drug-likeness (QED) is 0.732. The van der Waals surface area contributed by atoms with Crippen LogP contribution in [-0.2, 0) is 0 Å². The van der Waals surface area contributed by atoms with Crippen molar-refractivity contribution in [1.29, 1.82) is 0 Å². The first-order valence-electron chi connectivity index (χ1n) is 9.84. The smallest absolute Gasteiger partial charge is 0.0745 e. The van der Waals surface area contributed by atoms with Crippen LogP contribution < -0.4 is 0 Å². The molecular formula is C23H33NO2. The van der Waals surface area contributed by atoms with E-state index in [1.807, 2.05) is 18.2 Å². The third kappa shape index (κ3) is 3.80. The van der Waals surface area contributed by atoms with Gasteiger partial charge in [-0.1, -0.05) is 53.6 Å². The number of aliphatic hydroxyl groups is 2. The lowest BCUT2D eigenvalue weighted by molar-refractivity contribution is 0.111. The molecule has 1 saturated heterocycles. The number of nitrogens with zero attached hydrogens (tertiary/aromatic N) is 1. The summed E-state index contributed by atoms with van der Waals surface area (Å²) in [5.74, 6) is 0.448. The van der Waals surface area contributed by atoms with E-state index in [4.69, 9.17) is 0 Å². The molecule has 0 unspecified atom stereocenters. The fourth-order valence-electron chi connectivity index (χ4n) is 4.78. The Hall–Kier alpha value is -1.42. The van der Waals surface area contributed by atoms with E-state index in [1.165, 1.54) is 16.7 Å². The maximum absolute atomic E-state index is 10.8. The highest BCUT2D eigenvalue weighted by molar-refractivity contribution is 5.36. The normalized spacial score (nSPS) is 31.4. The van der Waals surface area contributed by atoms with Crippen molar-refractivity contribution in [1.82, 2.24) is 4.90 Å². The van der Waals surface area contributed by atoms with E-state index in [-0.39, 0.29) is 30.0 Å². The van der Waals surface area contributed by atoms with E-state index in [2.05, 4.69) is 50.0 Å². The molecule has 1 spiro atoms. The maximum Gasteiger partial charge on any atom is 0.0745 e. The van der Waals surface area contributed by atoms with Crippen LogP contribution in [0.25, 0.3) is 0 Å². The van der Waals surface area contributed by atoms with Gasteiger partial charge in [-0.3, -0.25) is 4.90 Å². The van der Waals surface area contributed by atoms with Crippen LogP contribution in [0.15, 0.2) is 53.6 Å². The summed E-state index contributed by atoms with van der Waals surface area (Å²) in [6.45, 7) is 9.10. The minimum atomic E-state index is -0.357. The highest BCUT2D eigenvalue weighted by atomic mass is 16.3. The number of allylic oxidation sites excluding steroid dienone is 3. The summed E-state index contributed by atoms with van der Waals surface area (Å²) >= 11 is 0. The molecule has 0 radical (unpaired) electrons. The Morgan fingerprint density at radius 2 is 1.92 bits per heavy atom. The largest absolute Gasteiger partial charge is 0.396 e. The van der Waals surface area contributed by atoms with Gasteiger partial charge in [-0.25, -0.2) is 0 Å². The molecule has 3 heteroatoms. The van der Waals surface area contributed by atoms with Crippen LogP contribution in [0.5, 0.6) is 0 Å². The van der Waals surface area contributed by atoms with Crippen molar-refractivity contribution in [3.05, 3.63) is 59.2 Å². The molecule has 26 heavy (non-hydrogen) atoms. The summed E-state index contributed by atoms with van der Waals surface area (Å²) < 4.78 is 0. The summed E-state index contributed by atoms with van der Waals surface area (Å²) in [4.78, 5) is 2.35. The Labute approximate surface area is 158 Å². The number of hydrogen-bond donors (Lipinski definition) is 2. The van der Waals surface area contributed by atoms with Crippen LogP contribution in [0, 0.1) is 11.3 Å². The Balaban J connectivity index is 1.62. The van der Waals surface area contributed by atoms with Gasteiger partial charge in [0.1, 0.15) is 0 Å². The standard InChI is InChI=1S/C23H33NO2/c1-17(2)8-7-9-18(3)12-13-24-14-21(26)23(16-24)20(15-25)22(23)19-10-5-4-6-11-19/h4-6,8,10-12,20-22,25-26H,7,9,13-16H2,1-3H3/t20-,21+,22-,23-/m1/s1. The van der Waals surface area contributed by atoms with Gasteiger partial charge in [0.25, 0.3) is 0 Å². The van der Waals surface area contributed by atoms with Gasteiger partial charge in [0.15, 0.2) is 0 Å². The topological polar surface area (TPSA) is 43.7 Å². The fourth-order valence-corrected chi connectivity index (χ4v) is 4.78. The third-order valence-electron chi connectivity index (χ3n) is 6.26. The molecule has 3 nitrogen and oxygen atoms in total. The van der Waals surface area contributed by atoms with E-state index in [0.29, 0.717) is 6.54 Å². The summed E-state index contributed by atoms with van der Waals surface area (Å²) in [6.07, 6.45) is 6.42. The van der Waals surface area contributed by atoms with Crippen LogP contribution in [0.2, 0.25) is 0 Å². The predicted molar refractivity (Wildman–Crippen MR) is 107 cm³/mol. The molecular weight excluding hydrogens is 322 g/mol. The molecule has 0 bridgehead atoms. The van der Waals surface area contributed by atoms with Gasteiger partial charge in [0, 0.05) is 31.7 Å². The monoisotopic (exact) mass is 355 g/mol. The van der Waals surface area contributed by atoms with Gasteiger partial charge < -0.3 is 10.2 Å². The first-order chi connectivity index (χ1) is 12.5. The van der Waals surface area contributed by atoms with E-state index < -0.39 is 0 Å². The molecule has 1 saturated carbocycles. The molecule has 3 rings (SSSR count). The lowest BCUT2D eigenvalue weighted by Gasteiger charge is -2.15. The predicted octanol–water partition coefficient (Wildman–Crippen LogP) is 3.75. The van der Waals surface area contributed by atoms with Gasteiger partial charge in [-0.2, -0.15) is 0 Å². The van der Waals surface area contributed by atoms with E-state index >= 15 is 0 Å². The Bertz CT molecular complexity index is 662. The van der Waals surface area contributed by atoms with Crippen molar-refractivity contribution in [2.24, 2.45) is 11.3 Å². The number of rotatable bonds is 7. The molecule has 1 aliphatic heterocycles. The fraction of sp³-hybridized carbons (Fsp3) is 0.565. The van der Waals surface area contributed by atoms with E-state index in [1.54, 1.807) is 0 Å². The minimum absolute atomic E-state index is 0.155. The van der Waals surface area contributed by atoms with Gasteiger partial charge in [-0.05, 0) is 51.0 Å². The molecule has 1 aromatic rings. The first kappa shape index (κ1) is 19.3. The van der Waals surface area contributed by atoms with E-state index in [0.717, 1.165) is 25.9 Å². The van der Waals surface area contributed by atoms with Crippen LogP contribution >= 0.6 is 0 Å². The molecule has 2 fully saturated rings. The Morgan fingerprint density at radius 3 is 2.58 bits per heavy atom. The molecule has 1 aromatic carbocycles. The number of aliphatic hydroxyl groups excluding tert-OH is 2. The lowest BCUT2D eigenvalue weighted by atomic mass is 9.95. The van der Waals surface area contributed by atoms with Crippen LogP contribution in [0.3, 0.4) is 0 Å². The molecule has 4 atom stereocenters. The second-order valence-electron chi connectivity index (χ2n) is 8.37. The zero-order valence-corrected chi connectivity index (χ0v) is 16.4. The van der Waals surface area contributed by atoms with Crippen molar-refractivity contribution in [2.75, 3.05) is 26.2 Å². The Kier molecular flexibility index (Phi) is 6.01. The van der Waals surface area contributed by atoms with Gasteiger partial charge >= 0.3 is 0 Å². The van der Waals surface area contributed by atoms with Crippen LogP contribution in [-0.4, -0.2) is 47.5 Å². The molecule has 2 aliphatic rings. The number of β-amino-alcohol motifs (C(OH)–C–C–N with tert-alkyl or cyclic N) is 1. The third-order valence-corrected chi connectivity index (χ3v) is 6.26. The van der Waals surface area contributed by atoms with Crippen molar-refractivity contribution in [3.63, 3.8) is 0 Å². The first-order valence-corrected chi connectivity index (χ1v) is 9.84. The van der Waals surface area contributed by atoms with Crippen molar-refractivity contribution in [3.8, 4) is 0 Å². The molecule has 2 N–H and O–H groups in total. The highest BCUT2D eigenvalue weighted by Crippen LogP contribution is 2.68. The number of benzene rings is 1. The SMILES string of the molecule is CC(C)=CCCC(C)=CCN1C[C@H](O)[C@@]2(C1)[C@H](CO)[C@H]2c1ccccc1. The van der Waals surface area contributed by atoms with Gasteiger partial charge in [0.2, 0.25) is 0 Å². The van der Waals surface area contributed by atoms with Crippen molar-refractivity contribution >= 4 is 0 Å². The molecule has 0 aromatic heterocycles. The summed E-state index contributed by atoms with van der Waals surface area (Å²) in [7, 11) is 0.